The summed E-state index contributed by atoms with van der Waals surface area (Å²) in [4.78, 5) is 29.2. The molecule has 3 aromatic rings. The maximum atomic E-state index is 12.5. The van der Waals surface area contributed by atoms with Gasteiger partial charge in [-0.3, -0.25) is 0 Å². The van der Waals surface area contributed by atoms with E-state index in [1.54, 1.807) is 66.7 Å². The molecule has 158 valence electrons. The Morgan fingerprint density at radius 2 is 1.78 bits per heavy atom. The molecular formula is C24H14BrNO6. The summed E-state index contributed by atoms with van der Waals surface area (Å²) in [5.41, 5.74) is 1.59. The average molecular weight is 492 g/mol. The number of para-hydroxylation sites is 1. The van der Waals surface area contributed by atoms with E-state index in [1.807, 2.05) is 0 Å². The van der Waals surface area contributed by atoms with Gasteiger partial charge in [0.15, 0.2) is 17.2 Å². The van der Waals surface area contributed by atoms with Gasteiger partial charge >= 0.3 is 11.9 Å². The lowest BCUT2D eigenvalue weighted by Gasteiger charge is -2.07. The van der Waals surface area contributed by atoms with E-state index in [9.17, 15) is 9.59 Å². The van der Waals surface area contributed by atoms with Crippen molar-refractivity contribution in [2.45, 2.75) is 0 Å². The normalized spacial score (nSPS) is 15.5. The first-order valence-corrected chi connectivity index (χ1v) is 10.4. The second kappa shape index (κ2) is 8.32. The molecule has 0 bridgehead atoms. The van der Waals surface area contributed by atoms with E-state index < -0.39 is 11.9 Å². The Morgan fingerprint density at radius 1 is 1.00 bits per heavy atom. The van der Waals surface area contributed by atoms with Gasteiger partial charge in [-0.1, -0.05) is 34.1 Å². The molecule has 2 aliphatic heterocycles. The summed E-state index contributed by atoms with van der Waals surface area (Å²) < 4.78 is 22.4. The number of carbonyl (C=O) groups excluding carboxylic acids is 2. The van der Waals surface area contributed by atoms with E-state index >= 15 is 0 Å². The predicted molar refractivity (Wildman–Crippen MR) is 119 cm³/mol. The van der Waals surface area contributed by atoms with Gasteiger partial charge < -0.3 is 18.9 Å². The largest absolute Gasteiger partial charge is 0.454 e. The van der Waals surface area contributed by atoms with Gasteiger partial charge in [-0.05, 0) is 54.6 Å². The van der Waals surface area contributed by atoms with E-state index in [-0.39, 0.29) is 18.4 Å². The van der Waals surface area contributed by atoms with Crippen molar-refractivity contribution in [3.8, 4) is 17.2 Å². The summed E-state index contributed by atoms with van der Waals surface area (Å²) in [5, 5.41) is 0. The van der Waals surface area contributed by atoms with Crippen molar-refractivity contribution in [3.05, 3.63) is 93.6 Å². The van der Waals surface area contributed by atoms with Crippen LogP contribution in [0.4, 0.5) is 0 Å². The summed E-state index contributed by atoms with van der Waals surface area (Å²) in [6.07, 6.45) is 1.52. The van der Waals surface area contributed by atoms with Gasteiger partial charge in [-0.25, -0.2) is 14.6 Å². The topological polar surface area (TPSA) is 83.4 Å². The monoisotopic (exact) mass is 491 g/mol. The number of halogens is 1. The standard InChI is InChI=1S/C24H14BrNO6/c25-17-8-5-14(6-9-17)23(27)31-19-4-2-1-3-15(19)11-18-24(28)32-22(26-18)16-7-10-20-21(12-16)30-13-29-20/h1-12H,13H2/b18-11+. The molecule has 7 nitrogen and oxygen atoms in total. The molecule has 0 aliphatic carbocycles. The number of carbonyl (C=O) groups is 2. The van der Waals surface area contributed by atoms with E-state index in [1.165, 1.54) is 6.08 Å². The first kappa shape index (κ1) is 20.0. The highest BCUT2D eigenvalue weighted by molar-refractivity contribution is 9.10. The van der Waals surface area contributed by atoms with Gasteiger partial charge in [0.1, 0.15) is 5.75 Å². The Morgan fingerprint density at radius 3 is 2.62 bits per heavy atom. The smallest absolute Gasteiger partial charge is 0.363 e. The Balaban J connectivity index is 1.42. The maximum Gasteiger partial charge on any atom is 0.363 e. The van der Waals surface area contributed by atoms with Crippen molar-refractivity contribution in [1.82, 2.24) is 0 Å². The van der Waals surface area contributed by atoms with Gasteiger partial charge in [0.2, 0.25) is 12.7 Å². The third-order valence-corrected chi connectivity index (χ3v) is 5.26. The molecule has 32 heavy (non-hydrogen) atoms. The van der Waals surface area contributed by atoms with E-state index in [4.69, 9.17) is 18.9 Å². The predicted octanol–water partition coefficient (Wildman–Crippen LogP) is 4.74. The third-order valence-electron chi connectivity index (χ3n) is 4.73. The minimum absolute atomic E-state index is 0.0878. The summed E-state index contributed by atoms with van der Waals surface area (Å²) in [6.45, 7) is 0.145. The molecule has 0 radical (unpaired) electrons. The summed E-state index contributed by atoms with van der Waals surface area (Å²) in [6, 6.07) is 18.9. The average Bonchev–Trinajstić information content (AvgIpc) is 3.41. The van der Waals surface area contributed by atoms with E-state index in [0.717, 1.165) is 4.47 Å². The van der Waals surface area contributed by atoms with Crippen molar-refractivity contribution in [2.75, 3.05) is 6.79 Å². The zero-order chi connectivity index (χ0) is 22.1. The number of fused-ring (bicyclic) bond motifs is 1. The lowest BCUT2D eigenvalue weighted by Crippen LogP contribution is -2.09. The fourth-order valence-electron chi connectivity index (χ4n) is 3.15. The number of nitrogens with zero attached hydrogens (tertiary/aromatic N) is 1. The number of hydrogen-bond donors (Lipinski definition) is 0. The van der Waals surface area contributed by atoms with Crippen LogP contribution in [-0.2, 0) is 9.53 Å². The molecule has 0 N–H and O–H groups in total. The van der Waals surface area contributed by atoms with Crippen LogP contribution in [0, 0.1) is 0 Å². The molecule has 0 saturated carbocycles. The van der Waals surface area contributed by atoms with Crippen LogP contribution in [0.15, 0.2) is 81.9 Å². The van der Waals surface area contributed by atoms with Crippen LogP contribution in [0.1, 0.15) is 21.5 Å². The van der Waals surface area contributed by atoms with Crippen molar-refractivity contribution in [1.29, 1.82) is 0 Å². The SMILES string of the molecule is O=C1OC(c2ccc3c(c2)OCO3)=N/C1=C/c1ccccc1OC(=O)c1ccc(Br)cc1. The number of cyclic esters (lactones) is 1. The van der Waals surface area contributed by atoms with Crippen LogP contribution in [-0.4, -0.2) is 24.6 Å². The highest BCUT2D eigenvalue weighted by Crippen LogP contribution is 2.34. The zero-order valence-electron chi connectivity index (χ0n) is 16.4. The molecule has 0 saturated heterocycles. The molecule has 0 aromatic heterocycles. The Bertz CT molecular complexity index is 1300. The van der Waals surface area contributed by atoms with Gasteiger partial charge in [0.05, 0.1) is 5.56 Å². The van der Waals surface area contributed by atoms with Crippen LogP contribution in [0.5, 0.6) is 17.2 Å². The molecule has 0 atom stereocenters. The Hall–Kier alpha value is -3.91. The van der Waals surface area contributed by atoms with Crippen LogP contribution >= 0.6 is 15.9 Å². The number of rotatable bonds is 4. The van der Waals surface area contributed by atoms with Crippen molar-refractivity contribution >= 4 is 39.8 Å². The van der Waals surface area contributed by atoms with Gasteiger partial charge in [-0.2, -0.15) is 0 Å². The van der Waals surface area contributed by atoms with Crippen molar-refractivity contribution in [3.63, 3.8) is 0 Å². The number of ether oxygens (including phenoxy) is 4. The van der Waals surface area contributed by atoms with Crippen LogP contribution in [0.25, 0.3) is 6.08 Å². The van der Waals surface area contributed by atoms with Gasteiger partial charge in [-0.15, -0.1) is 0 Å². The number of aliphatic imine (C=N–C) groups is 1. The Labute approximate surface area is 191 Å². The highest BCUT2D eigenvalue weighted by Gasteiger charge is 2.26. The van der Waals surface area contributed by atoms with Crippen LogP contribution < -0.4 is 14.2 Å². The third kappa shape index (κ3) is 4.00. The Kier molecular flexibility index (Phi) is 5.20. The molecular weight excluding hydrogens is 478 g/mol. The minimum Gasteiger partial charge on any atom is -0.454 e. The zero-order valence-corrected chi connectivity index (χ0v) is 18.0. The molecule has 5 rings (SSSR count). The minimum atomic E-state index is -0.605. The molecule has 8 heteroatoms. The number of hydrogen-bond acceptors (Lipinski definition) is 7. The summed E-state index contributed by atoms with van der Waals surface area (Å²) in [7, 11) is 0. The molecule has 0 spiro atoms. The second-order valence-corrected chi connectivity index (χ2v) is 7.75. The molecule has 0 fully saturated rings. The van der Waals surface area contributed by atoms with E-state index in [0.29, 0.717) is 33.9 Å². The fraction of sp³-hybridized carbons (Fsp3) is 0.0417. The van der Waals surface area contributed by atoms with Crippen molar-refractivity contribution in [2.24, 2.45) is 4.99 Å². The number of benzene rings is 3. The maximum absolute atomic E-state index is 12.5. The van der Waals surface area contributed by atoms with Crippen LogP contribution in [0.3, 0.4) is 0 Å². The quantitative estimate of drug-likeness (QED) is 0.297. The highest BCUT2D eigenvalue weighted by atomic mass is 79.9. The lowest BCUT2D eigenvalue weighted by atomic mass is 10.1. The first-order chi connectivity index (χ1) is 15.6. The van der Waals surface area contributed by atoms with Gasteiger partial charge in [0.25, 0.3) is 0 Å². The molecule has 2 aliphatic rings. The lowest BCUT2D eigenvalue weighted by molar-refractivity contribution is -0.129. The number of esters is 2. The van der Waals surface area contributed by atoms with Gasteiger partial charge in [0, 0.05) is 15.6 Å². The first-order valence-electron chi connectivity index (χ1n) is 9.56. The summed E-state index contributed by atoms with van der Waals surface area (Å²) in [5.74, 6) is 0.518. The summed E-state index contributed by atoms with van der Waals surface area (Å²) >= 11 is 3.33. The molecule has 3 aromatic carbocycles. The molecule has 2 heterocycles. The molecule has 0 amide bonds. The van der Waals surface area contributed by atoms with Crippen molar-refractivity contribution < 1.29 is 28.5 Å². The molecule has 0 unspecified atom stereocenters. The second-order valence-electron chi connectivity index (χ2n) is 6.84. The fourth-order valence-corrected chi connectivity index (χ4v) is 3.41. The van der Waals surface area contributed by atoms with Crippen LogP contribution in [0.2, 0.25) is 0 Å². The van der Waals surface area contributed by atoms with E-state index in [2.05, 4.69) is 20.9 Å².